The smallest absolute Gasteiger partial charge is 0.225 e. The van der Waals surface area contributed by atoms with Crippen LogP contribution in [0.1, 0.15) is 65.2 Å². The SMILES string of the molecule is CC(C)CN1CCC(C(=O)N2CCC[C@@H](S(=O)(=O)NC3CCCC3)C2)CC1. The molecule has 0 radical (unpaired) electrons. The van der Waals surface area contributed by atoms with Gasteiger partial charge in [0.1, 0.15) is 0 Å². The Balaban J connectivity index is 1.52. The molecule has 1 saturated carbocycles. The van der Waals surface area contributed by atoms with Gasteiger partial charge in [0, 0.05) is 31.6 Å². The van der Waals surface area contributed by atoms with Crippen LogP contribution < -0.4 is 4.72 Å². The third-order valence-corrected chi connectivity index (χ3v) is 8.30. The summed E-state index contributed by atoms with van der Waals surface area (Å²) < 4.78 is 28.5. The number of hydrogen-bond acceptors (Lipinski definition) is 4. The second-order valence-electron chi connectivity index (χ2n) is 9.16. The van der Waals surface area contributed by atoms with Gasteiger partial charge in [-0.15, -0.1) is 0 Å². The molecule has 7 heteroatoms. The van der Waals surface area contributed by atoms with Crippen LogP contribution in [0.4, 0.5) is 0 Å². The van der Waals surface area contributed by atoms with Crippen LogP contribution in [0.2, 0.25) is 0 Å². The molecular weight excluding hydrogens is 362 g/mol. The lowest BCUT2D eigenvalue weighted by Crippen LogP contribution is -2.52. The van der Waals surface area contributed by atoms with Gasteiger partial charge in [-0.2, -0.15) is 0 Å². The largest absolute Gasteiger partial charge is 0.341 e. The Morgan fingerprint density at radius 2 is 1.67 bits per heavy atom. The van der Waals surface area contributed by atoms with E-state index < -0.39 is 15.3 Å². The molecule has 0 aromatic rings. The maximum atomic E-state index is 13.0. The van der Waals surface area contributed by atoms with Crippen LogP contribution in [-0.4, -0.2) is 68.1 Å². The number of carbonyl (C=O) groups excluding carboxylic acids is 1. The molecule has 27 heavy (non-hydrogen) atoms. The molecule has 0 spiro atoms. The van der Waals surface area contributed by atoms with Crippen LogP contribution in [0.25, 0.3) is 0 Å². The summed E-state index contributed by atoms with van der Waals surface area (Å²) in [4.78, 5) is 17.3. The van der Waals surface area contributed by atoms with Crippen molar-refractivity contribution in [3.05, 3.63) is 0 Å². The number of nitrogens with one attached hydrogen (secondary N) is 1. The molecule has 0 bridgehead atoms. The molecule has 0 aromatic carbocycles. The van der Waals surface area contributed by atoms with Gasteiger partial charge in [-0.05, 0) is 57.5 Å². The van der Waals surface area contributed by atoms with Gasteiger partial charge in [-0.25, -0.2) is 13.1 Å². The van der Waals surface area contributed by atoms with Gasteiger partial charge in [0.25, 0.3) is 0 Å². The van der Waals surface area contributed by atoms with Crippen molar-refractivity contribution >= 4 is 15.9 Å². The zero-order valence-corrected chi connectivity index (χ0v) is 17.8. The fourth-order valence-corrected chi connectivity index (χ4v) is 6.65. The Labute approximate surface area is 165 Å². The average Bonchev–Trinajstić information content (AvgIpc) is 3.14. The Bertz CT molecular complexity index is 594. The summed E-state index contributed by atoms with van der Waals surface area (Å²) >= 11 is 0. The first kappa shape index (κ1) is 21.1. The second kappa shape index (κ2) is 9.23. The number of carbonyl (C=O) groups is 1. The minimum absolute atomic E-state index is 0.0673. The summed E-state index contributed by atoms with van der Waals surface area (Å²) in [6, 6.07) is 0.103. The third kappa shape index (κ3) is 5.67. The second-order valence-corrected chi connectivity index (χ2v) is 11.2. The molecule has 1 atom stereocenters. The van der Waals surface area contributed by atoms with Crippen LogP contribution in [0, 0.1) is 11.8 Å². The molecule has 156 valence electrons. The van der Waals surface area contributed by atoms with E-state index in [1.165, 1.54) is 0 Å². The number of amides is 1. The van der Waals surface area contributed by atoms with Crippen LogP contribution in [0.15, 0.2) is 0 Å². The van der Waals surface area contributed by atoms with E-state index in [1.54, 1.807) is 0 Å². The first-order valence-electron chi connectivity index (χ1n) is 10.9. The number of likely N-dealkylation sites (tertiary alicyclic amines) is 2. The molecule has 2 aliphatic heterocycles. The lowest BCUT2D eigenvalue weighted by atomic mass is 9.94. The number of sulfonamides is 1. The Morgan fingerprint density at radius 1 is 1.00 bits per heavy atom. The van der Waals surface area contributed by atoms with E-state index in [1.807, 2.05) is 4.90 Å². The fraction of sp³-hybridized carbons (Fsp3) is 0.950. The van der Waals surface area contributed by atoms with Crippen molar-refractivity contribution in [2.75, 3.05) is 32.7 Å². The Hall–Kier alpha value is -0.660. The van der Waals surface area contributed by atoms with E-state index in [0.29, 0.717) is 25.4 Å². The van der Waals surface area contributed by atoms with Gasteiger partial charge in [0.05, 0.1) is 5.25 Å². The zero-order valence-electron chi connectivity index (χ0n) is 17.0. The lowest BCUT2D eigenvalue weighted by molar-refractivity contribution is -0.137. The topological polar surface area (TPSA) is 69.7 Å². The molecule has 0 unspecified atom stereocenters. The molecule has 2 heterocycles. The first-order chi connectivity index (χ1) is 12.8. The first-order valence-corrected chi connectivity index (χ1v) is 12.4. The predicted octanol–water partition coefficient (Wildman–Crippen LogP) is 2.21. The van der Waals surface area contributed by atoms with Crippen molar-refractivity contribution in [2.24, 2.45) is 11.8 Å². The normalized spacial score (nSPS) is 26.8. The van der Waals surface area contributed by atoms with Crippen molar-refractivity contribution in [3.8, 4) is 0 Å². The molecule has 1 aliphatic carbocycles. The average molecular weight is 400 g/mol. The summed E-state index contributed by atoms with van der Waals surface area (Å²) in [7, 11) is -3.34. The van der Waals surface area contributed by atoms with Gasteiger partial charge in [0.2, 0.25) is 15.9 Å². The summed E-state index contributed by atoms with van der Waals surface area (Å²) in [6.07, 6.45) is 7.37. The van der Waals surface area contributed by atoms with E-state index >= 15 is 0 Å². The summed E-state index contributed by atoms with van der Waals surface area (Å²) in [5, 5.41) is -0.447. The lowest BCUT2D eigenvalue weighted by Gasteiger charge is -2.38. The monoisotopic (exact) mass is 399 g/mol. The van der Waals surface area contributed by atoms with Crippen molar-refractivity contribution in [1.29, 1.82) is 0 Å². The van der Waals surface area contributed by atoms with Gasteiger partial charge in [0.15, 0.2) is 0 Å². The number of piperidine rings is 2. The third-order valence-electron chi connectivity index (χ3n) is 6.37. The maximum Gasteiger partial charge on any atom is 0.225 e. The van der Waals surface area contributed by atoms with E-state index in [-0.39, 0.29) is 17.9 Å². The number of hydrogen-bond donors (Lipinski definition) is 1. The minimum atomic E-state index is -3.34. The van der Waals surface area contributed by atoms with Crippen LogP contribution in [0.5, 0.6) is 0 Å². The molecule has 3 aliphatic rings. The number of rotatable bonds is 6. The van der Waals surface area contributed by atoms with Gasteiger partial charge in [-0.3, -0.25) is 4.79 Å². The van der Waals surface area contributed by atoms with Gasteiger partial charge in [-0.1, -0.05) is 26.7 Å². The van der Waals surface area contributed by atoms with Crippen molar-refractivity contribution in [1.82, 2.24) is 14.5 Å². The maximum absolute atomic E-state index is 13.0. The highest BCUT2D eigenvalue weighted by Crippen LogP contribution is 2.25. The van der Waals surface area contributed by atoms with Crippen molar-refractivity contribution in [3.63, 3.8) is 0 Å². The van der Waals surface area contributed by atoms with E-state index in [0.717, 1.165) is 64.6 Å². The quantitative estimate of drug-likeness (QED) is 0.743. The molecule has 3 rings (SSSR count). The summed E-state index contributed by atoms with van der Waals surface area (Å²) in [5.41, 5.74) is 0. The molecule has 0 aromatic heterocycles. The molecule has 2 saturated heterocycles. The van der Waals surface area contributed by atoms with Crippen molar-refractivity contribution in [2.45, 2.75) is 76.5 Å². The summed E-state index contributed by atoms with van der Waals surface area (Å²) in [6.45, 7) is 8.59. The molecule has 3 fully saturated rings. The van der Waals surface area contributed by atoms with Gasteiger partial charge < -0.3 is 9.80 Å². The molecule has 1 amide bonds. The molecule has 1 N–H and O–H groups in total. The standard InChI is InChI=1S/C20H37N3O3S/c1-16(2)14-22-12-9-17(10-13-22)20(24)23-11-5-8-19(15-23)27(25,26)21-18-6-3-4-7-18/h16-19,21H,3-15H2,1-2H3/t19-/m1/s1. The van der Waals surface area contributed by atoms with Crippen LogP contribution in [-0.2, 0) is 14.8 Å². The van der Waals surface area contributed by atoms with Crippen molar-refractivity contribution < 1.29 is 13.2 Å². The van der Waals surface area contributed by atoms with E-state index in [4.69, 9.17) is 0 Å². The van der Waals surface area contributed by atoms with E-state index in [2.05, 4.69) is 23.5 Å². The minimum Gasteiger partial charge on any atom is -0.341 e. The fourth-order valence-electron chi connectivity index (χ4n) is 4.90. The van der Waals surface area contributed by atoms with E-state index in [9.17, 15) is 13.2 Å². The highest BCUT2D eigenvalue weighted by molar-refractivity contribution is 7.90. The molecular formula is C20H37N3O3S. The van der Waals surface area contributed by atoms with Crippen LogP contribution >= 0.6 is 0 Å². The highest BCUT2D eigenvalue weighted by Gasteiger charge is 2.37. The Morgan fingerprint density at radius 3 is 2.30 bits per heavy atom. The number of nitrogens with zero attached hydrogens (tertiary/aromatic N) is 2. The van der Waals surface area contributed by atoms with Crippen LogP contribution in [0.3, 0.4) is 0 Å². The van der Waals surface area contributed by atoms with Gasteiger partial charge >= 0.3 is 0 Å². The Kier molecular flexibility index (Phi) is 7.20. The predicted molar refractivity (Wildman–Crippen MR) is 108 cm³/mol. The highest BCUT2D eigenvalue weighted by atomic mass is 32.2. The molecule has 6 nitrogen and oxygen atoms in total. The zero-order chi connectivity index (χ0) is 19.4. The summed E-state index contributed by atoms with van der Waals surface area (Å²) in [5.74, 6) is 0.898.